The molecule has 0 aliphatic carbocycles. The number of amides is 1. The largest absolute Gasteiger partial charge is 0.508 e. The summed E-state index contributed by atoms with van der Waals surface area (Å²) in [5.74, 6) is -2.55. The van der Waals surface area contributed by atoms with Gasteiger partial charge in [-0.3, -0.25) is 14.9 Å². The molecule has 8 nitrogen and oxygen atoms in total. The first-order chi connectivity index (χ1) is 15.1. The van der Waals surface area contributed by atoms with Crippen molar-refractivity contribution in [3.05, 3.63) is 55.3 Å². The topological polar surface area (TPSA) is 114 Å². The fourth-order valence-corrected chi connectivity index (χ4v) is 2.54. The summed E-state index contributed by atoms with van der Waals surface area (Å²) in [6, 6.07) is 2.88. The molecule has 0 aliphatic heterocycles. The number of aromatic hydroxyl groups is 1. The molecule has 0 saturated carbocycles. The highest BCUT2D eigenvalue weighted by Crippen LogP contribution is 2.15. The zero-order valence-corrected chi connectivity index (χ0v) is 17.2. The number of nitrogens with one attached hydrogen (secondary N) is 2. The van der Waals surface area contributed by atoms with Gasteiger partial charge in [0.05, 0.1) is 18.8 Å². The molecule has 1 aromatic rings. The molecule has 11 heteroatoms. The van der Waals surface area contributed by atoms with Gasteiger partial charge in [0.1, 0.15) is 18.4 Å². The van der Waals surface area contributed by atoms with Crippen LogP contribution in [0.1, 0.15) is 18.4 Å². The number of hydrogen-bond donors (Lipinski definition) is 3. The molecule has 0 fully saturated rings. The number of rotatable bonds is 13. The number of ether oxygens (including phenoxy) is 2. The second-order valence-corrected chi connectivity index (χ2v) is 6.59. The van der Waals surface area contributed by atoms with Gasteiger partial charge in [-0.15, -0.1) is 0 Å². The number of benzene rings is 1. The average Bonchev–Trinajstić information content (AvgIpc) is 2.73. The van der Waals surface area contributed by atoms with Gasteiger partial charge in [-0.1, -0.05) is 31.4 Å². The quantitative estimate of drug-likeness (QED) is 0.236. The Kier molecular flexibility index (Phi) is 11.0. The van der Waals surface area contributed by atoms with Crippen LogP contribution >= 0.6 is 0 Å². The third-order valence-corrected chi connectivity index (χ3v) is 4.04. The Labute approximate surface area is 183 Å². The van der Waals surface area contributed by atoms with E-state index in [9.17, 15) is 32.7 Å². The minimum Gasteiger partial charge on any atom is -0.508 e. The summed E-state index contributed by atoms with van der Waals surface area (Å²) in [4.78, 5) is 36.6. The van der Waals surface area contributed by atoms with E-state index in [1.54, 1.807) is 0 Å². The van der Waals surface area contributed by atoms with Crippen molar-refractivity contribution in [1.29, 1.82) is 0 Å². The molecule has 0 spiro atoms. The van der Waals surface area contributed by atoms with Crippen LogP contribution < -0.4 is 10.6 Å². The summed E-state index contributed by atoms with van der Waals surface area (Å²) in [5.41, 5.74) is 0.470. The second-order valence-electron chi connectivity index (χ2n) is 6.59. The van der Waals surface area contributed by atoms with Crippen molar-refractivity contribution in [2.75, 3.05) is 13.2 Å². The Bertz CT molecular complexity index is 796. The van der Waals surface area contributed by atoms with Crippen molar-refractivity contribution in [2.24, 2.45) is 0 Å². The van der Waals surface area contributed by atoms with Gasteiger partial charge in [-0.25, -0.2) is 4.79 Å². The maximum atomic E-state index is 12.7. The number of halogens is 3. The van der Waals surface area contributed by atoms with E-state index in [-0.39, 0.29) is 31.6 Å². The normalized spacial score (nSPS) is 12.8. The van der Waals surface area contributed by atoms with Gasteiger partial charge >= 0.3 is 18.1 Å². The van der Waals surface area contributed by atoms with Crippen LogP contribution in [0.4, 0.5) is 13.2 Å². The number of phenols is 1. The predicted molar refractivity (Wildman–Crippen MR) is 108 cm³/mol. The summed E-state index contributed by atoms with van der Waals surface area (Å²) >= 11 is 0. The zero-order valence-electron chi connectivity index (χ0n) is 17.2. The standard InChI is InChI=1S/C21H25F3N2O6/c1-3-11-32-20(30)16(9-10-18(28)31-4-2)26-19(29)17(25-13-21(22,23)24)12-14-5-7-15(27)8-6-14/h3-8,16-17,25,27H,1-2,9-13H2,(H,26,29). The van der Waals surface area contributed by atoms with Gasteiger partial charge in [-0.2, -0.15) is 13.2 Å². The van der Waals surface area contributed by atoms with E-state index in [2.05, 4.69) is 28.5 Å². The van der Waals surface area contributed by atoms with Crippen molar-refractivity contribution in [1.82, 2.24) is 10.6 Å². The van der Waals surface area contributed by atoms with E-state index >= 15 is 0 Å². The maximum Gasteiger partial charge on any atom is 0.401 e. The van der Waals surface area contributed by atoms with Gasteiger partial charge in [0, 0.05) is 6.42 Å². The van der Waals surface area contributed by atoms with Crippen molar-refractivity contribution < 1.29 is 42.1 Å². The van der Waals surface area contributed by atoms with Crippen molar-refractivity contribution in [3.63, 3.8) is 0 Å². The maximum absolute atomic E-state index is 12.7. The molecule has 0 radical (unpaired) electrons. The Morgan fingerprint density at radius 2 is 1.78 bits per heavy atom. The van der Waals surface area contributed by atoms with Crippen LogP contribution in [0.25, 0.3) is 0 Å². The number of hydrogen-bond acceptors (Lipinski definition) is 7. The number of esters is 2. The van der Waals surface area contributed by atoms with Crippen molar-refractivity contribution >= 4 is 17.8 Å². The molecule has 176 valence electrons. The molecule has 3 N–H and O–H groups in total. The van der Waals surface area contributed by atoms with Crippen molar-refractivity contribution in [2.45, 2.75) is 37.5 Å². The lowest BCUT2D eigenvalue weighted by atomic mass is 10.0. The lowest BCUT2D eigenvalue weighted by molar-refractivity contribution is -0.148. The smallest absolute Gasteiger partial charge is 0.401 e. The number of phenolic OH excluding ortho intramolecular Hbond substituents is 1. The first-order valence-corrected chi connectivity index (χ1v) is 9.52. The molecule has 0 heterocycles. The average molecular weight is 458 g/mol. The summed E-state index contributed by atoms with van der Waals surface area (Å²) in [6.45, 7) is 5.02. The Hall–Kier alpha value is -3.34. The Morgan fingerprint density at radius 3 is 2.34 bits per heavy atom. The van der Waals surface area contributed by atoms with Gasteiger partial charge in [-0.05, 0) is 30.5 Å². The second kappa shape index (κ2) is 13.2. The molecular formula is C21H25F3N2O6. The summed E-state index contributed by atoms with van der Waals surface area (Å²) in [7, 11) is 0. The van der Waals surface area contributed by atoms with Gasteiger partial charge in [0.15, 0.2) is 0 Å². The molecule has 2 unspecified atom stereocenters. The van der Waals surface area contributed by atoms with Crippen LogP contribution in [0, 0.1) is 0 Å². The van der Waals surface area contributed by atoms with E-state index < -0.39 is 42.7 Å². The van der Waals surface area contributed by atoms with Gasteiger partial charge in [0.2, 0.25) is 5.91 Å². The van der Waals surface area contributed by atoms with E-state index in [1.165, 1.54) is 30.3 Å². The minimum atomic E-state index is -4.58. The first-order valence-electron chi connectivity index (χ1n) is 9.52. The third-order valence-electron chi connectivity index (χ3n) is 4.04. The van der Waals surface area contributed by atoms with Crippen LogP contribution in [0.15, 0.2) is 49.8 Å². The predicted octanol–water partition coefficient (Wildman–Crippen LogP) is 2.14. The molecule has 0 bridgehead atoms. The molecule has 1 aromatic carbocycles. The van der Waals surface area contributed by atoms with Gasteiger partial charge in [0.25, 0.3) is 0 Å². The fourth-order valence-electron chi connectivity index (χ4n) is 2.54. The number of alkyl halides is 3. The van der Waals surface area contributed by atoms with E-state index in [0.29, 0.717) is 5.56 Å². The molecule has 32 heavy (non-hydrogen) atoms. The highest BCUT2D eigenvalue weighted by molar-refractivity contribution is 5.88. The summed E-state index contributed by atoms with van der Waals surface area (Å²) < 4.78 is 47.6. The highest BCUT2D eigenvalue weighted by Gasteiger charge is 2.32. The highest BCUT2D eigenvalue weighted by atomic mass is 19.4. The van der Waals surface area contributed by atoms with Crippen LogP contribution in [-0.4, -0.2) is 54.4 Å². The number of carbonyl (C=O) groups excluding carboxylic acids is 3. The zero-order chi connectivity index (χ0) is 24.1. The van der Waals surface area contributed by atoms with E-state index in [0.717, 1.165) is 6.26 Å². The van der Waals surface area contributed by atoms with Crippen LogP contribution in [0.5, 0.6) is 5.75 Å². The lowest BCUT2D eigenvalue weighted by Gasteiger charge is -2.23. The summed E-state index contributed by atoms with van der Waals surface area (Å²) in [6.07, 6.45) is -3.03. The fraction of sp³-hybridized carbons (Fsp3) is 0.381. The molecule has 0 saturated heterocycles. The molecule has 2 atom stereocenters. The summed E-state index contributed by atoms with van der Waals surface area (Å²) in [5, 5.41) is 13.8. The molecular weight excluding hydrogens is 433 g/mol. The minimum absolute atomic E-state index is 0.0468. The van der Waals surface area contributed by atoms with E-state index in [4.69, 9.17) is 4.74 Å². The first kappa shape index (κ1) is 26.7. The lowest BCUT2D eigenvalue weighted by Crippen LogP contribution is -2.53. The van der Waals surface area contributed by atoms with Gasteiger partial charge < -0.3 is 19.9 Å². The van der Waals surface area contributed by atoms with Crippen LogP contribution in [0.2, 0.25) is 0 Å². The van der Waals surface area contributed by atoms with Crippen LogP contribution in [0.3, 0.4) is 0 Å². The van der Waals surface area contributed by atoms with Crippen molar-refractivity contribution in [3.8, 4) is 5.75 Å². The third kappa shape index (κ3) is 10.6. The van der Waals surface area contributed by atoms with Crippen LogP contribution in [-0.2, 0) is 30.3 Å². The van der Waals surface area contributed by atoms with E-state index in [1.807, 2.05) is 0 Å². The molecule has 0 aromatic heterocycles. The Balaban J connectivity index is 2.97. The Morgan fingerprint density at radius 1 is 1.12 bits per heavy atom. The SMILES string of the molecule is C=CCOC(=O)C(CCC(=O)OC=C)NC(=O)C(Cc1ccc(O)cc1)NCC(F)(F)F. The molecule has 1 rings (SSSR count). The number of carbonyl (C=O) groups is 3. The molecule has 0 aliphatic rings. The molecule has 1 amide bonds. The monoisotopic (exact) mass is 458 g/mol.